The number of nitrogens with zero attached hydrogens (tertiary/aromatic N) is 1. The Morgan fingerprint density at radius 3 is 2.57 bits per heavy atom. The Labute approximate surface area is 127 Å². The van der Waals surface area contributed by atoms with Crippen LogP contribution in [0.5, 0.6) is 5.75 Å². The number of hydrazone groups is 1. The zero-order valence-electron chi connectivity index (χ0n) is 11.6. The molecule has 0 radical (unpaired) electrons. The van der Waals surface area contributed by atoms with Gasteiger partial charge in [0.25, 0.3) is 5.91 Å². The van der Waals surface area contributed by atoms with Gasteiger partial charge in [-0.25, -0.2) is 5.43 Å². The number of hydrogen-bond acceptors (Lipinski definition) is 4. The molecule has 0 aliphatic carbocycles. The van der Waals surface area contributed by atoms with Crippen molar-refractivity contribution >= 4 is 23.9 Å². The Kier molecular flexibility index (Phi) is 5.40. The standard InChI is InChI=1S/C16H16N2O2S/c1-12(21-14-8-3-2-4-9-14)16(20)18-17-11-13-7-5-6-10-15(13)19/h2-12,19H,1H3,(H,18,20). The van der Waals surface area contributed by atoms with E-state index in [1.807, 2.05) is 37.3 Å². The monoisotopic (exact) mass is 300 g/mol. The SMILES string of the molecule is CC(Sc1ccccc1)C(=O)NN=Cc1ccccc1O. The Hall–Kier alpha value is -2.27. The van der Waals surface area contributed by atoms with E-state index in [9.17, 15) is 9.90 Å². The highest BCUT2D eigenvalue weighted by Crippen LogP contribution is 2.22. The number of hydrogen-bond donors (Lipinski definition) is 2. The smallest absolute Gasteiger partial charge is 0.253 e. The summed E-state index contributed by atoms with van der Waals surface area (Å²) in [6.07, 6.45) is 1.42. The average Bonchev–Trinajstić information content (AvgIpc) is 2.50. The van der Waals surface area contributed by atoms with Crippen molar-refractivity contribution in [3.63, 3.8) is 0 Å². The Morgan fingerprint density at radius 2 is 1.86 bits per heavy atom. The second-order valence-electron chi connectivity index (χ2n) is 4.37. The van der Waals surface area contributed by atoms with Gasteiger partial charge in [0.1, 0.15) is 5.75 Å². The molecule has 1 unspecified atom stereocenters. The van der Waals surface area contributed by atoms with Crippen LogP contribution in [-0.2, 0) is 4.79 Å². The summed E-state index contributed by atoms with van der Waals surface area (Å²) in [6.45, 7) is 1.82. The number of thioether (sulfide) groups is 1. The van der Waals surface area contributed by atoms with Crippen LogP contribution in [0.2, 0.25) is 0 Å². The van der Waals surface area contributed by atoms with Crippen LogP contribution in [0.1, 0.15) is 12.5 Å². The van der Waals surface area contributed by atoms with Gasteiger partial charge in [0.2, 0.25) is 0 Å². The molecule has 0 fully saturated rings. The second-order valence-corrected chi connectivity index (χ2v) is 5.78. The summed E-state index contributed by atoms with van der Waals surface area (Å²) >= 11 is 1.47. The minimum Gasteiger partial charge on any atom is -0.507 e. The van der Waals surface area contributed by atoms with Crippen LogP contribution in [0.25, 0.3) is 0 Å². The quantitative estimate of drug-likeness (QED) is 0.507. The molecule has 0 spiro atoms. The number of benzene rings is 2. The minimum atomic E-state index is -0.256. The van der Waals surface area contributed by atoms with Crippen molar-refractivity contribution in [2.75, 3.05) is 0 Å². The summed E-state index contributed by atoms with van der Waals surface area (Å²) in [6, 6.07) is 16.5. The zero-order chi connectivity index (χ0) is 15.1. The number of aromatic hydroxyl groups is 1. The number of amides is 1. The van der Waals surface area contributed by atoms with Gasteiger partial charge < -0.3 is 5.11 Å². The predicted octanol–water partition coefficient (Wildman–Crippen LogP) is 3.02. The number of rotatable bonds is 5. The Balaban J connectivity index is 1.88. The first kappa shape index (κ1) is 15.1. The molecule has 1 amide bonds. The van der Waals surface area contributed by atoms with E-state index in [0.29, 0.717) is 5.56 Å². The molecule has 0 heterocycles. The van der Waals surface area contributed by atoms with E-state index in [1.54, 1.807) is 24.3 Å². The molecule has 2 N–H and O–H groups in total. The molecule has 0 aliphatic heterocycles. The fraction of sp³-hybridized carbons (Fsp3) is 0.125. The van der Waals surface area contributed by atoms with Crippen LogP contribution >= 0.6 is 11.8 Å². The summed E-state index contributed by atoms with van der Waals surface area (Å²) < 4.78 is 0. The van der Waals surface area contributed by atoms with Gasteiger partial charge in [0.15, 0.2) is 0 Å². The lowest BCUT2D eigenvalue weighted by atomic mass is 10.2. The van der Waals surface area contributed by atoms with Gasteiger partial charge >= 0.3 is 0 Å². The number of phenols is 1. The summed E-state index contributed by atoms with van der Waals surface area (Å²) in [7, 11) is 0. The first-order valence-electron chi connectivity index (χ1n) is 6.49. The van der Waals surface area contributed by atoms with Crippen LogP contribution < -0.4 is 5.43 Å². The highest BCUT2D eigenvalue weighted by molar-refractivity contribution is 8.00. The highest BCUT2D eigenvalue weighted by Gasteiger charge is 2.13. The lowest BCUT2D eigenvalue weighted by Crippen LogP contribution is -2.26. The van der Waals surface area contributed by atoms with E-state index in [-0.39, 0.29) is 16.9 Å². The minimum absolute atomic E-state index is 0.127. The third-order valence-electron chi connectivity index (χ3n) is 2.74. The molecule has 0 aliphatic rings. The van der Waals surface area contributed by atoms with Crippen molar-refractivity contribution < 1.29 is 9.90 Å². The maximum atomic E-state index is 11.9. The van der Waals surface area contributed by atoms with Gasteiger partial charge in [0.05, 0.1) is 11.5 Å². The predicted molar refractivity (Wildman–Crippen MR) is 85.6 cm³/mol. The molecule has 0 bridgehead atoms. The molecular formula is C16H16N2O2S. The van der Waals surface area contributed by atoms with Gasteiger partial charge in [-0.1, -0.05) is 30.3 Å². The van der Waals surface area contributed by atoms with Gasteiger partial charge in [-0.05, 0) is 31.2 Å². The Bertz CT molecular complexity index is 629. The third-order valence-corrected chi connectivity index (χ3v) is 3.85. The maximum absolute atomic E-state index is 11.9. The average molecular weight is 300 g/mol. The van der Waals surface area contributed by atoms with E-state index in [1.165, 1.54) is 18.0 Å². The van der Waals surface area contributed by atoms with Gasteiger partial charge in [-0.15, -0.1) is 11.8 Å². The first-order valence-corrected chi connectivity index (χ1v) is 7.37. The number of nitrogens with one attached hydrogen (secondary N) is 1. The van der Waals surface area contributed by atoms with E-state index in [0.717, 1.165) is 4.90 Å². The normalized spacial score (nSPS) is 12.2. The zero-order valence-corrected chi connectivity index (χ0v) is 12.4. The molecule has 2 aromatic rings. The molecule has 5 heteroatoms. The van der Waals surface area contributed by atoms with E-state index < -0.39 is 0 Å². The van der Waals surface area contributed by atoms with Crippen molar-refractivity contribution in [3.8, 4) is 5.75 Å². The van der Waals surface area contributed by atoms with Gasteiger partial charge in [-0.2, -0.15) is 5.10 Å². The van der Waals surface area contributed by atoms with Gasteiger partial charge in [-0.3, -0.25) is 4.79 Å². The fourth-order valence-electron chi connectivity index (χ4n) is 1.61. The largest absolute Gasteiger partial charge is 0.507 e. The molecular weight excluding hydrogens is 284 g/mol. The lowest BCUT2D eigenvalue weighted by Gasteiger charge is -2.09. The third kappa shape index (κ3) is 4.65. The molecule has 1 atom stereocenters. The lowest BCUT2D eigenvalue weighted by molar-refractivity contribution is -0.120. The van der Waals surface area contributed by atoms with E-state index >= 15 is 0 Å². The van der Waals surface area contributed by atoms with Crippen molar-refractivity contribution in [3.05, 3.63) is 60.2 Å². The number of carbonyl (C=O) groups excluding carboxylic acids is 1. The Morgan fingerprint density at radius 1 is 1.19 bits per heavy atom. The number of para-hydroxylation sites is 1. The maximum Gasteiger partial charge on any atom is 0.253 e. The van der Waals surface area contributed by atoms with E-state index in [2.05, 4.69) is 10.5 Å². The van der Waals surface area contributed by atoms with E-state index in [4.69, 9.17) is 0 Å². The number of phenolic OH excluding ortho intramolecular Hbond substituents is 1. The van der Waals surface area contributed by atoms with Crippen LogP contribution in [0.15, 0.2) is 64.6 Å². The summed E-state index contributed by atoms with van der Waals surface area (Å²) in [5, 5.41) is 13.2. The molecule has 0 saturated heterocycles. The molecule has 21 heavy (non-hydrogen) atoms. The van der Waals surface area contributed by atoms with Crippen molar-refractivity contribution in [1.82, 2.24) is 5.43 Å². The molecule has 0 saturated carbocycles. The molecule has 2 rings (SSSR count). The van der Waals surface area contributed by atoms with Crippen LogP contribution in [0.3, 0.4) is 0 Å². The topological polar surface area (TPSA) is 61.7 Å². The fourth-order valence-corrected chi connectivity index (χ4v) is 2.49. The summed E-state index contributed by atoms with van der Waals surface area (Å²) in [5.41, 5.74) is 3.03. The summed E-state index contributed by atoms with van der Waals surface area (Å²) in [4.78, 5) is 12.9. The van der Waals surface area contributed by atoms with Crippen LogP contribution in [0, 0.1) is 0 Å². The molecule has 0 aromatic heterocycles. The van der Waals surface area contributed by atoms with Crippen molar-refractivity contribution in [2.24, 2.45) is 5.10 Å². The van der Waals surface area contributed by atoms with Crippen molar-refractivity contribution in [1.29, 1.82) is 0 Å². The second kappa shape index (κ2) is 7.50. The highest BCUT2D eigenvalue weighted by atomic mass is 32.2. The van der Waals surface area contributed by atoms with Crippen LogP contribution in [-0.4, -0.2) is 22.5 Å². The first-order chi connectivity index (χ1) is 10.2. The van der Waals surface area contributed by atoms with Crippen LogP contribution in [0.4, 0.5) is 0 Å². The molecule has 4 nitrogen and oxygen atoms in total. The number of carbonyl (C=O) groups is 1. The summed E-state index contributed by atoms with van der Waals surface area (Å²) in [5.74, 6) is -0.0577. The van der Waals surface area contributed by atoms with Gasteiger partial charge in [0, 0.05) is 10.5 Å². The molecule has 108 valence electrons. The molecule has 2 aromatic carbocycles. The van der Waals surface area contributed by atoms with Crippen molar-refractivity contribution in [2.45, 2.75) is 17.1 Å².